The van der Waals surface area contributed by atoms with Gasteiger partial charge in [0, 0.05) is 19.4 Å². The molecule has 2 aromatic carbocycles. The van der Waals surface area contributed by atoms with Gasteiger partial charge in [-0.3, -0.25) is 10.2 Å². The van der Waals surface area contributed by atoms with Crippen molar-refractivity contribution in [3.63, 3.8) is 0 Å². The van der Waals surface area contributed by atoms with Crippen LogP contribution in [0, 0.1) is 11.3 Å². The van der Waals surface area contributed by atoms with Gasteiger partial charge in [-0.2, -0.15) is 0 Å². The maximum absolute atomic E-state index is 13.2. The lowest BCUT2D eigenvalue weighted by molar-refractivity contribution is -0.151. The molecule has 1 aliphatic carbocycles. The van der Waals surface area contributed by atoms with Gasteiger partial charge in [-0.15, -0.1) is 0 Å². The molecule has 1 saturated carbocycles. The minimum absolute atomic E-state index is 0.0734. The average Bonchev–Trinajstić information content (AvgIpc) is 3.46. The first-order valence-electron chi connectivity index (χ1n) is 11.3. The average molecular weight is 405 g/mol. The summed E-state index contributed by atoms with van der Waals surface area (Å²) in [5, 5.41) is 8.45. The van der Waals surface area contributed by atoms with Crippen molar-refractivity contribution in [1.82, 2.24) is 4.90 Å². The van der Waals surface area contributed by atoms with Crippen molar-refractivity contribution in [3.05, 3.63) is 71.8 Å². The van der Waals surface area contributed by atoms with Crippen LogP contribution in [0.5, 0.6) is 0 Å². The highest BCUT2D eigenvalue weighted by Gasteiger charge is 2.36. The van der Waals surface area contributed by atoms with E-state index in [1.165, 1.54) is 18.4 Å². The van der Waals surface area contributed by atoms with Crippen molar-refractivity contribution in [2.75, 3.05) is 13.1 Å². The Labute approximate surface area is 179 Å². The summed E-state index contributed by atoms with van der Waals surface area (Å²) in [5.41, 5.74) is 2.34. The molecule has 0 radical (unpaired) electrons. The molecule has 30 heavy (non-hydrogen) atoms. The number of aryl methyl sites for hydroxylation is 1. The maximum Gasteiger partial charge on any atom is 0.314 e. The molecule has 1 saturated heterocycles. The van der Waals surface area contributed by atoms with E-state index in [9.17, 15) is 4.79 Å². The number of likely N-dealkylation sites (tertiary alicyclic amines) is 1. The number of nitrogens with one attached hydrogen (secondary N) is 1. The lowest BCUT2D eigenvalue weighted by atomic mass is 9.85. The van der Waals surface area contributed by atoms with E-state index in [0.717, 1.165) is 44.2 Å². The third-order valence-corrected chi connectivity index (χ3v) is 6.59. The quantitative estimate of drug-likeness (QED) is 0.393. The second-order valence-corrected chi connectivity index (χ2v) is 8.66. The number of hydrogen-bond acceptors (Lipinski definition) is 3. The number of hydrogen-bond donors (Lipinski definition) is 1. The van der Waals surface area contributed by atoms with E-state index in [0.29, 0.717) is 18.3 Å². The predicted octanol–water partition coefficient (Wildman–Crippen LogP) is 5.19. The number of ether oxygens (including phenoxy) is 1. The topological polar surface area (TPSA) is 53.4 Å². The Bertz CT molecular complexity index is 831. The largest absolute Gasteiger partial charge is 0.460 e. The summed E-state index contributed by atoms with van der Waals surface area (Å²) >= 11 is 0. The van der Waals surface area contributed by atoms with Crippen LogP contribution in [0.4, 0.5) is 0 Å². The maximum atomic E-state index is 13.2. The number of nitrogens with zero attached hydrogens (tertiary/aromatic N) is 1. The number of amidine groups is 1. The Morgan fingerprint density at radius 1 is 1.00 bits per heavy atom. The molecule has 1 aliphatic heterocycles. The van der Waals surface area contributed by atoms with Crippen LogP contribution in [-0.2, 0) is 16.0 Å². The minimum Gasteiger partial charge on any atom is -0.460 e. The van der Waals surface area contributed by atoms with Crippen LogP contribution in [0.15, 0.2) is 60.7 Å². The van der Waals surface area contributed by atoms with Gasteiger partial charge in [0.05, 0.1) is 18.3 Å². The molecule has 2 atom stereocenters. The van der Waals surface area contributed by atoms with E-state index >= 15 is 0 Å². The van der Waals surface area contributed by atoms with Crippen LogP contribution in [0.1, 0.15) is 55.6 Å². The molecule has 0 spiro atoms. The van der Waals surface area contributed by atoms with Crippen molar-refractivity contribution in [3.8, 4) is 0 Å². The van der Waals surface area contributed by atoms with Crippen LogP contribution in [0.3, 0.4) is 0 Å². The summed E-state index contributed by atoms with van der Waals surface area (Å²) < 4.78 is 6.01. The van der Waals surface area contributed by atoms with Crippen LogP contribution in [0.2, 0.25) is 0 Å². The van der Waals surface area contributed by atoms with E-state index in [2.05, 4.69) is 29.2 Å². The minimum atomic E-state index is -0.153. The first-order chi connectivity index (χ1) is 14.7. The second kappa shape index (κ2) is 9.92. The zero-order valence-corrected chi connectivity index (χ0v) is 17.6. The Hall–Kier alpha value is -2.62. The van der Waals surface area contributed by atoms with Crippen LogP contribution < -0.4 is 0 Å². The lowest BCUT2D eigenvalue weighted by Gasteiger charge is -2.25. The number of carbonyl (C=O) groups excluding carboxylic acids is 1. The predicted molar refractivity (Wildman–Crippen MR) is 120 cm³/mol. The molecule has 0 aromatic heterocycles. The van der Waals surface area contributed by atoms with Crippen molar-refractivity contribution in [1.29, 1.82) is 5.41 Å². The molecular weight excluding hydrogens is 372 g/mol. The Morgan fingerprint density at radius 3 is 2.37 bits per heavy atom. The van der Waals surface area contributed by atoms with Gasteiger partial charge in [-0.05, 0) is 36.3 Å². The molecule has 4 nitrogen and oxygen atoms in total. The van der Waals surface area contributed by atoms with E-state index in [-0.39, 0.29) is 18.0 Å². The van der Waals surface area contributed by atoms with Gasteiger partial charge in [-0.1, -0.05) is 73.5 Å². The molecule has 4 rings (SSSR count). The summed E-state index contributed by atoms with van der Waals surface area (Å²) in [5.74, 6) is 0.811. The van der Waals surface area contributed by atoms with Crippen molar-refractivity contribution in [2.45, 2.75) is 57.0 Å². The van der Waals surface area contributed by atoms with Gasteiger partial charge in [0.25, 0.3) is 0 Å². The Balaban J connectivity index is 1.32. The SMILES string of the molecule is N=C(CCc1ccccc1)N1CCC(OC(=O)C(c2ccccc2)C2CCCC2)C1. The van der Waals surface area contributed by atoms with E-state index < -0.39 is 0 Å². The van der Waals surface area contributed by atoms with Gasteiger partial charge in [0.2, 0.25) is 0 Å². The molecule has 1 heterocycles. The fourth-order valence-corrected chi connectivity index (χ4v) is 4.92. The third kappa shape index (κ3) is 5.10. The second-order valence-electron chi connectivity index (χ2n) is 8.66. The van der Waals surface area contributed by atoms with Crippen LogP contribution in [0.25, 0.3) is 0 Å². The molecule has 158 valence electrons. The highest BCUT2D eigenvalue weighted by Crippen LogP contribution is 2.38. The molecule has 4 heteroatoms. The highest BCUT2D eigenvalue weighted by molar-refractivity contribution is 5.80. The third-order valence-electron chi connectivity index (χ3n) is 6.59. The summed E-state index contributed by atoms with van der Waals surface area (Å²) in [7, 11) is 0. The summed E-state index contributed by atoms with van der Waals surface area (Å²) in [4.78, 5) is 15.3. The fourth-order valence-electron chi connectivity index (χ4n) is 4.92. The first kappa shape index (κ1) is 20.6. The first-order valence-corrected chi connectivity index (χ1v) is 11.3. The molecule has 2 fully saturated rings. The van der Waals surface area contributed by atoms with Crippen molar-refractivity contribution < 1.29 is 9.53 Å². The van der Waals surface area contributed by atoms with E-state index in [4.69, 9.17) is 10.1 Å². The molecule has 1 N–H and O–H groups in total. The van der Waals surface area contributed by atoms with Crippen LogP contribution in [-0.4, -0.2) is 35.9 Å². The number of carbonyl (C=O) groups is 1. The molecule has 2 aliphatic rings. The summed E-state index contributed by atoms with van der Waals surface area (Å²) in [6.07, 6.45) is 6.92. The molecule has 2 aromatic rings. The van der Waals surface area contributed by atoms with Gasteiger partial charge in [-0.25, -0.2) is 0 Å². The zero-order valence-electron chi connectivity index (χ0n) is 17.6. The van der Waals surface area contributed by atoms with Gasteiger partial charge in [0.15, 0.2) is 0 Å². The molecular formula is C26H32N2O2. The Morgan fingerprint density at radius 2 is 1.67 bits per heavy atom. The fraction of sp³-hybridized carbons (Fsp3) is 0.462. The van der Waals surface area contributed by atoms with E-state index in [1.807, 2.05) is 36.4 Å². The standard InChI is InChI=1S/C26H32N2O2/c27-24(16-15-20-9-3-1-4-10-20)28-18-17-23(19-28)30-26(29)25(22-13-7-8-14-22)21-11-5-2-6-12-21/h1-6,9-12,22-23,25,27H,7-8,13-19H2. The van der Waals surface area contributed by atoms with Gasteiger partial charge in [0.1, 0.15) is 6.10 Å². The smallest absolute Gasteiger partial charge is 0.314 e. The lowest BCUT2D eigenvalue weighted by Crippen LogP contribution is -2.32. The van der Waals surface area contributed by atoms with Crippen molar-refractivity contribution in [2.24, 2.45) is 5.92 Å². The normalized spacial score (nSPS) is 20.3. The van der Waals surface area contributed by atoms with E-state index in [1.54, 1.807) is 0 Å². The van der Waals surface area contributed by atoms with Gasteiger partial charge >= 0.3 is 5.97 Å². The highest BCUT2D eigenvalue weighted by atomic mass is 16.5. The number of rotatable bonds is 7. The van der Waals surface area contributed by atoms with Gasteiger partial charge < -0.3 is 9.64 Å². The summed E-state index contributed by atoms with van der Waals surface area (Å²) in [6, 6.07) is 20.4. The number of esters is 1. The molecule has 2 unspecified atom stereocenters. The van der Waals surface area contributed by atoms with Crippen molar-refractivity contribution >= 4 is 11.8 Å². The summed E-state index contributed by atoms with van der Waals surface area (Å²) in [6.45, 7) is 1.44. The van der Waals surface area contributed by atoms with Crippen LogP contribution >= 0.6 is 0 Å². The molecule has 0 amide bonds. The Kier molecular flexibility index (Phi) is 6.83. The number of benzene rings is 2. The molecule has 0 bridgehead atoms. The monoisotopic (exact) mass is 404 g/mol. The zero-order chi connectivity index (χ0) is 20.8.